The van der Waals surface area contributed by atoms with Crippen LogP contribution in [-0.2, 0) is 4.74 Å². The highest BCUT2D eigenvalue weighted by Crippen LogP contribution is 2.30. The van der Waals surface area contributed by atoms with Gasteiger partial charge >= 0.3 is 0 Å². The zero-order valence-electron chi connectivity index (χ0n) is 12.1. The van der Waals surface area contributed by atoms with E-state index in [1.165, 1.54) is 0 Å². The van der Waals surface area contributed by atoms with E-state index in [9.17, 15) is 0 Å². The summed E-state index contributed by atoms with van der Waals surface area (Å²) in [6.45, 7) is 3.41. The number of nitrogens with zero attached hydrogens (tertiary/aromatic N) is 5. The zero-order chi connectivity index (χ0) is 14.1. The quantitative estimate of drug-likeness (QED) is 0.851. The number of rotatable bonds is 3. The van der Waals surface area contributed by atoms with Gasteiger partial charge in [0.15, 0.2) is 5.82 Å². The Morgan fingerprint density at radius 3 is 2.95 bits per heavy atom. The summed E-state index contributed by atoms with van der Waals surface area (Å²) in [4.78, 5) is 11.0. The van der Waals surface area contributed by atoms with Gasteiger partial charge in [-0.3, -0.25) is 0 Å². The number of ether oxygens (including phenoxy) is 1. The fourth-order valence-electron chi connectivity index (χ4n) is 2.51. The normalized spacial score (nSPS) is 18.4. The second kappa shape index (κ2) is 5.20. The van der Waals surface area contributed by atoms with Crippen molar-refractivity contribution in [3.05, 3.63) is 24.2 Å². The SMILES string of the molecule is Cc1nc(-c2cccnc2N(C)C)n(C2CCOC2)n1. The van der Waals surface area contributed by atoms with Gasteiger partial charge in [-0.2, -0.15) is 5.10 Å². The molecule has 1 fully saturated rings. The largest absolute Gasteiger partial charge is 0.379 e. The average Bonchev–Trinajstić information content (AvgIpc) is 3.07. The Balaban J connectivity index is 2.10. The summed E-state index contributed by atoms with van der Waals surface area (Å²) in [6, 6.07) is 4.24. The average molecular weight is 273 g/mol. The van der Waals surface area contributed by atoms with E-state index in [4.69, 9.17) is 4.74 Å². The van der Waals surface area contributed by atoms with Crippen LogP contribution in [0.5, 0.6) is 0 Å². The highest BCUT2D eigenvalue weighted by atomic mass is 16.5. The molecule has 6 heteroatoms. The third-order valence-corrected chi connectivity index (χ3v) is 3.44. The fraction of sp³-hybridized carbons (Fsp3) is 0.500. The smallest absolute Gasteiger partial charge is 0.162 e. The van der Waals surface area contributed by atoms with Crippen LogP contribution in [0.15, 0.2) is 18.3 Å². The lowest BCUT2D eigenvalue weighted by molar-refractivity contribution is 0.184. The monoisotopic (exact) mass is 273 g/mol. The van der Waals surface area contributed by atoms with Gasteiger partial charge in [0.05, 0.1) is 18.2 Å². The number of aryl methyl sites for hydroxylation is 1. The molecular formula is C14H19N5O. The van der Waals surface area contributed by atoms with E-state index in [0.717, 1.165) is 36.1 Å². The first kappa shape index (κ1) is 13.1. The fourth-order valence-corrected chi connectivity index (χ4v) is 2.51. The minimum Gasteiger partial charge on any atom is -0.379 e. The highest BCUT2D eigenvalue weighted by molar-refractivity contribution is 5.70. The third-order valence-electron chi connectivity index (χ3n) is 3.44. The van der Waals surface area contributed by atoms with Gasteiger partial charge in [0.25, 0.3) is 0 Å². The maximum Gasteiger partial charge on any atom is 0.162 e. The zero-order valence-corrected chi connectivity index (χ0v) is 12.1. The maximum absolute atomic E-state index is 5.47. The molecule has 106 valence electrons. The maximum atomic E-state index is 5.47. The Kier molecular flexibility index (Phi) is 3.40. The number of anilines is 1. The van der Waals surface area contributed by atoms with Crippen molar-refractivity contribution in [2.45, 2.75) is 19.4 Å². The summed E-state index contributed by atoms with van der Waals surface area (Å²) in [7, 11) is 3.97. The second-order valence-corrected chi connectivity index (χ2v) is 5.21. The number of pyridine rings is 1. The van der Waals surface area contributed by atoms with Gasteiger partial charge in [-0.25, -0.2) is 14.6 Å². The molecule has 0 aliphatic carbocycles. The summed E-state index contributed by atoms with van der Waals surface area (Å²) in [5, 5.41) is 4.55. The molecule has 0 N–H and O–H groups in total. The van der Waals surface area contributed by atoms with E-state index < -0.39 is 0 Å². The molecule has 1 unspecified atom stereocenters. The molecule has 0 spiro atoms. The number of hydrogen-bond donors (Lipinski definition) is 0. The van der Waals surface area contributed by atoms with Crippen LogP contribution in [0, 0.1) is 6.92 Å². The standard InChI is InChI=1S/C14H19N5O/c1-10-16-14(19(17-10)11-6-8-20-9-11)12-5-4-7-15-13(12)18(2)3/h4-5,7,11H,6,8-9H2,1-3H3. The van der Waals surface area contributed by atoms with Crippen molar-refractivity contribution in [2.24, 2.45) is 0 Å². The summed E-state index contributed by atoms with van der Waals surface area (Å²) in [5.74, 6) is 2.55. The van der Waals surface area contributed by atoms with Crippen molar-refractivity contribution in [3.63, 3.8) is 0 Å². The van der Waals surface area contributed by atoms with Gasteiger partial charge in [0, 0.05) is 26.9 Å². The van der Waals surface area contributed by atoms with Gasteiger partial charge in [0.2, 0.25) is 0 Å². The van der Waals surface area contributed by atoms with Crippen molar-refractivity contribution in [1.82, 2.24) is 19.7 Å². The Labute approximate surface area is 118 Å². The lowest BCUT2D eigenvalue weighted by Crippen LogP contribution is -2.15. The molecule has 1 atom stereocenters. The predicted octanol–water partition coefficient (Wildman–Crippen LogP) is 1.68. The van der Waals surface area contributed by atoms with Crippen molar-refractivity contribution in [3.8, 4) is 11.4 Å². The van der Waals surface area contributed by atoms with Crippen LogP contribution >= 0.6 is 0 Å². The molecule has 6 nitrogen and oxygen atoms in total. The Morgan fingerprint density at radius 1 is 1.40 bits per heavy atom. The van der Waals surface area contributed by atoms with Gasteiger partial charge < -0.3 is 9.64 Å². The minimum atomic E-state index is 0.265. The van der Waals surface area contributed by atoms with Crippen LogP contribution < -0.4 is 4.90 Å². The molecule has 0 saturated carbocycles. The number of hydrogen-bond acceptors (Lipinski definition) is 5. The van der Waals surface area contributed by atoms with Gasteiger partial charge in [0.1, 0.15) is 11.6 Å². The van der Waals surface area contributed by atoms with Gasteiger partial charge in [-0.1, -0.05) is 0 Å². The van der Waals surface area contributed by atoms with Crippen molar-refractivity contribution in [2.75, 3.05) is 32.2 Å². The third kappa shape index (κ3) is 2.27. The van der Waals surface area contributed by atoms with Crippen LogP contribution in [-0.4, -0.2) is 47.1 Å². The van der Waals surface area contributed by atoms with Gasteiger partial charge in [-0.15, -0.1) is 0 Å². The minimum absolute atomic E-state index is 0.265. The summed E-state index contributed by atoms with van der Waals surface area (Å²) >= 11 is 0. The molecule has 0 amide bonds. The molecule has 3 rings (SSSR count). The molecule has 1 aliphatic rings. The Bertz CT molecular complexity index is 601. The molecule has 2 aromatic heterocycles. The number of aromatic nitrogens is 4. The molecule has 0 radical (unpaired) electrons. The molecule has 20 heavy (non-hydrogen) atoms. The Morgan fingerprint density at radius 2 is 2.25 bits per heavy atom. The van der Waals surface area contributed by atoms with Crippen LogP contribution in [0.2, 0.25) is 0 Å². The molecule has 2 aromatic rings. The summed E-state index contributed by atoms with van der Waals surface area (Å²) in [6.07, 6.45) is 2.78. The molecule has 1 aliphatic heterocycles. The van der Waals surface area contributed by atoms with Crippen LogP contribution in [0.25, 0.3) is 11.4 Å². The first-order valence-electron chi connectivity index (χ1n) is 6.80. The molecular weight excluding hydrogens is 254 g/mol. The van der Waals surface area contributed by atoms with Crippen LogP contribution in [0.1, 0.15) is 18.3 Å². The van der Waals surface area contributed by atoms with Crippen LogP contribution in [0.3, 0.4) is 0 Å². The summed E-state index contributed by atoms with van der Waals surface area (Å²) < 4.78 is 7.47. The first-order valence-corrected chi connectivity index (χ1v) is 6.80. The second-order valence-electron chi connectivity index (χ2n) is 5.21. The van der Waals surface area contributed by atoms with Crippen molar-refractivity contribution < 1.29 is 4.74 Å². The molecule has 1 saturated heterocycles. The van der Waals surface area contributed by atoms with E-state index in [-0.39, 0.29) is 6.04 Å². The predicted molar refractivity (Wildman–Crippen MR) is 76.8 cm³/mol. The lowest BCUT2D eigenvalue weighted by Gasteiger charge is -2.17. The molecule has 3 heterocycles. The molecule has 0 bridgehead atoms. The van der Waals surface area contributed by atoms with E-state index in [2.05, 4.69) is 15.1 Å². The van der Waals surface area contributed by atoms with E-state index in [1.54, 1.807) is 6.20 Å². The topological polar surface area (TPSA) is 56.1 Å². The molecule has 0 aromatic carbocycles. The van der Waals surface area contributed by atoms with E-state index in [1.807, 2.05) is 42.7 Å². The highest BCUT2D eigenvalue weighted by Gasteiger charge is 2.24. The first-order chi connectivity index (χ1) is 9.66. The van der Waals surface area contributed by atoms with Crippen molar-refractivity contribution in [1.29, 1.82) is 0 Å². The Hall–Kier alpha value is -1.95. The van der Waals surface area contributed by atoms with Gasteiger partial charge in [-0.05, 0) is 25.5 Å². The van der Waals surface area contributed by atoms with E-state index >= 15 is 0 Å². The van der Waals surface area contributed by atoms with E-state index in [0.29, 0.717) is 6.61 Å². The lowest BCUT2D eigenvalue weighted by atomic mass is 10.2. The van der Waals surface area contributed by atoms with Crippen LogP contribution in [0.4, 0.5) is 5.82 Å². The summed E-state index contributed by atoms with van der Waals surface area (Å²) in [5.41, 5.74) is 1.00. The van der Waals surface area contributed by atoms with Crippen molar-refractivity contribution >= 4 is 5.82 Å².